The summed E-state index contributed by atoms with van der Waals surface area (Å²) in [7, 11) is 0. The Morgan fingerprint density at radius 3 is 2.76 bits per heavy atom. The molecule has 1 saturated heterocycles. The normalized spacial score (nSPS) is 19.2. The Labute approximate surface area is 219 Å². The first-order chi connectivity index (χ1) is 17.8. The molecule has 37 heavy (non-hydrogen) atoms. The molecule has 0 saturated carbocycles. The monoisotopic (exact) mass is 545 g/mol. The Hall–Kier alpha value is -3.28. The molecular weight excluding hydrogens is 524 g/mol. The number of hydrogen-bond acceptors (Lipinski definition) is 7. The van der Waals surface area contributed by atoms with Crippen LogP contribution in [0.1, 0.15) is 0 Å². The zero-order valence-corrected chi connectivity index (χ0v) is 21.1. The third-order valence-electron chi connectivity index (χ3n) is 6.66. The van der Waals surface area contributed by atoms with Crippen molar-refractivity contribution in [2.24, 2.45) is 5.73 Å². The summed E-state index contributed by atoms with van der Waals surface area (Å²) >= 11 is 8.13. The second-order valence-corrected chi connectivity index (χ2v) is 10.3. The van der Waals surface area contributed by atoms with Crippen molar-refractivity contribution in [1.29, 1.82) is 0 Å². The molecule has 8 nitrogen and oxygen atoms in total. The third kappa shape index (κ3) is 4.20. The fourth-order valence-electron chi connectivity index (χ4n) is 5.05. The SMILES string of the molecule is C=CC(=O)N1C(C=O)CN(c2nc(=O)n3c4c(c(-c5ccc(F)cc5F)c(Cl)cc24)SCC3)CC1CN. The van der Waals surface area contributed by atoms with Crippen molar-refractivity contribution >= 4 is 52.3 Å². The molecule has 3 aromatic rings. The number of aldehydes is 1. The van der Waals surface area contributed by atoms with E-state index in [2.05, 4.69) is 11.6 Å². The minimum absolute atomic E-state index is 0.0747. The molecule has 0 aliphatic carbocycles. The fourth-order valence-corrected chi connectivity index (χ4v) is 6.61. The first kappa shape index (κ1) is 25.4. The molecule has 2 N–H and O–H groups in total. The highest BCUT2D eigenvalue weighted by Crippen LogP contribution is 2.46. The number of halogens is 3. The summed E-state index contributed by atoms with van der Waals surface area (Å²) in [5.74, 6) is -1.07. The lowest BCUT2D eigenvalue weighted by molar-refractivity contribution is -0.135. The molecule has 2 atom stereocenters. The number of nitrogens with two attached hydrogens (primary N) is 1. The van der Waals surface area contributed by atoms with Gasteiger partial charge in [-0.05, 0) is 24.3 Å². The Morgan fingerprint density at radius 1 is 1.30 bits per heavy atom. The Balaban J connectivity index is 1.72. The van der Waals surface area contributed by atoms with Crippen molar-refractivity contribution in [1.82, 2.24) is 14.5 Å². The standard InChI is InChI=1S/C25H22ClF2N5O3S/c1-2-20(35)33-14(9-29)10-31(11-15(33)12-34)24-17-8-18(26)21(16-4-3-13(27)7-19(16)28)23-22(17)32(5-6-37-23)25(36)30-24/h2-4,7-8,12,14-15H,1,5-6,9-11,29H2. The van der Waals surface area contributed by atoms with Crippen molar-refractivity contribution in [3.05, 3.63) is 64.1 Å². The number of aryl methyl sites for hydroxylation is 1. The molecule has 1 fully saturated rings. The number of amides is 1. The number of anilines is 1. The third-order valence-corrected chi connectivity index (χ3v) is 8.03. The molecule has 2 aromatic carbocycles. The van der Waals surface area contributed by atoms with Gasteiger partial charge in [-0.1, -0.05) is 18.2 Å². The van der Waals surface area contributed by atoms with Crippen LogP contribution in [0.2, 0.25) is 5.02 Å². The highest BCUT2D eigenvalue weighted by molar-refractivity contribution is 7.99. The van der Waals surface area contributed by atoms with Crippen LogP contribution in [-0.4, -0.2) is 64.1 Å². The molecule has 2 aliphatic rings. The van der Waals surface area contributed by atoms with Crippen molar-refractivity contribution in [2.45, 2.75) is 23.5 Å². The van der Waals surface area contributed by atoms with Crippen LogP contribution >= 0.6 is 23.4 Å². The molecule has 12 heteroatoms. The van der Waals surface area contributed by atoms with Crippen LogP contribution in [-0.2, 0) is 16.1 Å². The number of benzene rings is 2. The quantitative estimate of drug-likeness (QED) is 0.388. The maximum atomic E-state index is 14.8. The maximum Gasteiger partial charge on any atom is 0.350 e. The van der Waals surface area contributed by atoms with Gasteiger partial charge in [0, 0.05) is 59.4 Å². The summed E-state index contributed by atoms with van der Waals surface area (Å²) < 4.78 is 29.9. The first-order valence-corrected chi connectivity index (χ1v) is 12.9. The molecule has 0 bridgehead atoms. The van der Waals surface area contributed by atoms with Gasteiger partial charge in [0.25, 0.3) is 0 Å². The van der Waals surface area contributed by atoms with Crippen molar-refractivity contribution < 1.29 is 18.4 Å². The second-order valence-electron chi connectivity index (χ2n) is 8.75. The van der Waals surface area contributed by atoms with Crippen molar-refractivity contribution in [3.63, 3.8) is 0 Å². The molecular formula is C25H22ClF2N5O3S. The van der Waals surface area contributed by atoms with Gasteiger partial charge in [-0.3, -0.25) is 9.36 Å². The van der Waals surface area contributed by atoms with Gasteiger partial charge >= 0.3 is 5.69 Å². The van der Waals surface area contributed by atoms with Gasteiger partial charge in [0.2, 0.25) is 5.91 Å². The number of nitrogens with zero attached hydrogens (tertiary/aromatic N) is 4. The average Bonchev–Trinajstić information content (AvgIpc) is 2.90. The second kappa shape index (κ2) is 9.88. The van der Waals surface area contributed by atoms with Gasteiger partial charge in [0.1, 0.15) is 29.8 Å². The molecule has 2 unspecified atom stereocenters. The van der Waals surface area contributed by atoms with E-state index in [-0.39, 0.29) is 30.2 Å². The summed E-state index contributed by atoms with van der Waals surface area (Å²) in [5, 5.41) is 0.750. The lowest BCUT2D eigenvalue weighted by atomic mass is 10.0. The van der Waals surface area contributed by atoms with Crippen LogP contribution in [0.3, 0.4) is 0 Å². The Bertz CT molecular complexity index is 1510. The van der Waals surface area contributed by atoms with Gasteiger partial charge in [-0.2, -0.15) is 4.98 Å². The molecule has 192 valence electrons. The predicted molar refractivity (Wildman–Crippen MR) is 139 cm³/mol. The van der Waals surface area contributed by atoms with Gasteiger partial charge < -0.3 is 20.3 Å². The van der Waals surface area contributed by atoms with E-state index in [0.717, 1.165) is 18.2 Å². The number of thioether (sulfide) groups is 1. The lowest BCUT2D eigenvalue weighted by Gasteiger charge is -2.45. The molecule has 2 aliphatic heterocycles. The van der Waals surface area contributed by atoms with E-state index in [9.17, 15) is 23.2 Å². The summed E-state index contributed by atoms with van der Waals surface area (Å²) in [6.45, 7) is 4.28. The topological polar surface area (TPSA) is 102 Å². The number of piperazine rings is 1. The molecule has 0 spiro atoms. The number of aromatic nitrogens is 2. The summed E-state index contributed by atoms with van der Waals surface area (Å²) in [5.41, 5.74) is 6.47. The molecule has 3 heterocycles. The number of rotatable bonds is 5. The summed E-state index contributed by atoms with van der Waals surface area (Å²) in [4.78, 5) is 45.6. The molecule has 5 rings (SSSR count). The Morgan fingerprint density at radius 2 is 2.08 bits per heavy atom. The van der Waals surface area contributed by atoms with E-state index in [4.69, 9.17) is 17.3 Å². The number of carbonyl (C=O) groups excluding carboxylic acids is 2. The number of carbonyl (C=O) groups is 2. The Kier molecular flexibility index (Phi) is 6.78. The smallest absolute Gasteiger partial charge is 0.350 e. The molecule has 1 aromatic heterocycles. The van der Waals surface area contributed by atoms with E-state index in [1.807, 2.05) is 0 Å². The van der Waals surface area contributed by atoms with Gasteiger partial charge in [-0.25, -0.2) is 13.6 Å². The largest absolute Gasteiger partial charge is 0.351 e. The van der Waals surface area contributed by atoms with Crippen molar-refractivity contribution in [2.75, 3.05) is 30.3 Å². The summed E-state index contributed by atoms with van der Waals surface area (Å²) in [6, 6.07) is 3.51. The van der Waals surface area contributed by atoms with Crippen LogP contribution in [0.4, 0.5) is 14.6 Å². The first-order valence-electron chi connectivity index (χ1n) is 11.5. The lowest BCUT2D eigenvalue weighted by Crippen LogP contribution is -2.63. The van der Waals surface area contributed by atoms with E-state index in [1.54, 1.807) is 11.0 Å². The fraction of sp³-hybridized carbons (Fsp3) is 0.280. The highest BCUT2D eigenvalue weighted by Gasteiger charge is 2.38. The van der Waals surface area contributed by atoms with Crippen LogP contribution in [0.25, 0.3) is 22.0 Å². The number of hydrogen-bond donors (Lipinski definition) is 1. The minimum atomic E-state index is -0.836. The summed E-state index contributed by atoms with van der Waals surface area (Å²) in [6.07, 6.45) is 1.79. The molecule has 1 amide bonds. The maximum absolute atomic E-state index is 14.8. The van der Waals surface area contributed by atoms with Crippen molar-refractivity contribution in [3.8, 4) is 11.1 Å². The van der Waals surface area contributed by atoms with Gasteiger partial charge in [0.15, 0.2) is 0 Å². The zero-order valence-electron chi connectivity index (χ0n) is 19.5. The van der Waals surface area contributed by atoms with Crippen LogP contribution in [0.5, 0.6) is 0 Å². The highest BCUT2D eigenvalue weighted by atomic mass is 35.5. The van der Waals surface area contributed by atoms with Gasteiger partial charge in [0.05, 0.1) is 16.6 Å². The van der Waals surface area contributed by atoms with E-state index >= 15 is 0 Å². The van der Waals surface area contributed by atoms with Crippen LogP contribution in [0.15, 0.2) is 46.6 Å². The average molecular weight is 546 g/mol. The molecule has 0 radical (unpaired) electrons. The van der Waals surface area contributed by atoms with Gasteiger partial charge in [-0.15, -0.1) is 11.8 Å². The van der Waals surface area contributed by atoms with Crippen LogP contribution < -0.4 is 16.3 Å². The minimum Gasteiger partial charge on any atom is -0.351 e. The van der Waals surface area contributed by atoms with E-state index in [1.165, 1.54) is 27.3 Å². The predicted octanol–water partition coefficient (Wildman–Crippen LogP) is 2.83. The van der Waals surface area contributed by atoms with Crippen LogP contribution in [0, 0.1) is 11.6 Å². The van der Waals surface area contributed by atoms with E-state index < -0.39 is 35.3 Å². The zero-order chi connectivity index (χ0) is 26.4. The van der Waals surface area contributed by atoms with E-state index in [0.29, 0.717) is 45.8 Å².